The summed E-state index contributed by atoms with van der Waals surface area (Å²) in [6, 6.07) is 11.2. The highest BCUT2D eigenvalue weighted by Gasteiger charge is 2.37. The average molecular weight is 831 g/mol. The van der Waals surface area contributed by atoms with E-state index in [9.17, 15) is 55.1 Å². The van der Waals surface area contributed by atoms with Crippen LogP contribution in [0.15, 0.2) is 60.2 Å². The number of aliphatic carboxylic acids is 2. The Kier molecular flexibility index (Phi) is 16.1. The summed E-state index contributed by atoms with van der Waals surface area (Å²) in [4.78, 5) is 69.5. The molecular weight excluding hydrogens is 786 g/mol. The molecule has 316 valence electrons. The van der Waals surface area contributed by atoms with Gasteiger partial charge >= 0.3 is 24.3 Å². The molecule has 3 aromatic carbocycles. The van der Waals surface area contributed by atoms with Crippen LogP contribution in [0.1, 0.15) is 132 Å². The number of amides is 2. The summed E-state index contributed by atoms with van der Waals surface area (Å²) in [5.74, 6) is -2.37. The lowest BCUT2D eigenvalue weighted by Crippen LogP contribution is -2.16. The Balaban J connectivity index is 0.000000297. The highest BCUT2D eigenvalue weighted by Crippen LogP contribution is 2.38. The number of alkyl halides is 6. The van der Waals surface area contributed by atoms with Crippen molar-refractivity contribution in [1.29, 1.82) is 0 Å². The molecule has 2 aliphatic rings. The number of hydrogen-bond donors (Lipinski definition) is 4. The number of allylic oxidation sites excluding steroid dienone is 1. The van der Waals surface area contributed by atoms with E-state index in [4.69, 9.17) is 10.2 Å². The zero-order valence-electron chi connectivity index (χ0n) is 32.0. The first kappa shape index (κ1) is 45.9. The van der Waals surface area contributed by atoms with E-state index in [1.54, 1.807) is 18.2 Å². The minimum Gasteiger partial charge on any atom is -0.481 e. The Labute approximate surface area is 336 Å². The molecule has 2 amide bonds. The van der Waals surface area contributed by atoms with Crippen LogP contribution < -0.4 is 10.6 Å². The Morgan fingerprint density at radius 2 is 1.05 bits per heavy atom. The Bertz CT molecular complexity index is 2060. The van der Waals surface area contributed by atoms with E-state index in [1.165, 1.54) is 12.1 Å². The lowest BCUT2D eigenvalue weighted by molar-refractivity contribution is -0.143. The number of rotatable bonds is 15. The molecule has 3 aromatic rings. The number of Topliss-reactive ketones (excluding diaryl/α,β-unsaturated/α-hetero) is 2. The summed E-state index contributed by atoms with van der Waals surface area (Å²) < 4.78 is 78.9. The molecule has 0 unspecified atom stereocenters. The number of aryl methyl sites for hydroxylation is 2. The van der Waals surface area contributed by atoms with Gasteiger partial charge in [0, 0.05) is 60.2 Å². The number of carbonyl (C=O) groups excluding carboxylic acids is 4. The maximum Gasteiger partial charge on any atom is 0.416 e. The molecule has 2 aliphatic carbocycles. The molecule has 4 N–H and O–H groups in total. The Morgan fingerprint density at radius 1 is 0.576 bits per heavy atom. The Hall–Kier alpha value is -5.80. The minimum absolute atomic E-state index is 0.0336. The van der Waals surface area contributed by atoms with Gasteiger partial charge in [-0.1, -0.05) is 12.8 Å². The number of fused-ring (bicyclic) bond motifs is 2. The van der Waals surface area contributed by atoms with Gasteiger partial charge < -0.3 is 20.8 Å². The monoisotopic (exact) mass is 830 g/mol. The van der Waals surface area contributed by atoms with Crippen molar-refractivity contribution in [3.8, 4) is 0 Å². The summed E-state index contributed by atoms with van der Waals surface area (Å²) in [6.45, 7) is 0. The first-order valence-electron chi connectivity index (χ1n) is 19.2. The molecule has 0 radical (unpaired) electrons. The fourth-order valence-corrected chi connectivity index (χ4v) is 6.71. The van der Waals surface area contributed by atoms with Crippen LogP contribution in [0.5, 0.6) is 0 Å². The van der Waals surface area contributed by atoms with Crippen molar-refractivity contribution >= 4 is 52.8 Å². The van der Waals surface area contributed by atoms with Crippen LogP contribution in [0.3, 0.4) is 0 Å². The summed E-state index contributed by atoms with van der Waals surface area (Å²) in [5, 5.41) is 22.7. The number of carboxylic acid groups (broad SMARTS) is 2. The van der Waals surface area contributed by atoms with E-state index in [1.807, 2.05) is 6.07 Å². The van der Waals surface area contributed by atoms with Crippen molar-refractivity contribution in [2.45, 2.75) is 109 Å². The standard InChI is InChI=1S/C26H23F6NO4.C17H21NO4/c27-25(28,29)18-11-15(12-19(14-18)26(30,31)32)10-17-7-6-16-13-20(8-9-21(16)24(17)37)33-22(34)4-2-1-3-5-23(35)36;19-15-6-4-5-12-11-13(9-10-14(12)15)18-16(20)7-2-1-3-8-17(21)22/h8-14H,1-7H2,(H,33,34)(H,35,36);9-11H,1-8H2,(H,18,20)(H,21,22)/b17-10+;. The van der Waals surface area contributed by atoms with Crippen LogP contribution in [-0.4, -0.2) is 45.5 Å². The number of hydrogen-bond acceptors (Lipinski definition) is 6. The van der Waals surface area contributed by atoms with Gasteiger partial charge in [-0.15, -0.1) is 0 Å². The number of ketones is 2. The minimum atomic E-state index is -4.99. The first-order chi connectivity index (χ1) is 27.8. The SMILES string of the molecule is O=C(O)CCCCCC(=O)Nc1ccc2c(c1)CC/C(=C\c1cc(C(F)(F)F)cc(C(F)(F)F)c1)C2=O.O=C(O)CCCCCC(=O)Nc1ccc2c(c1)CCCC2=O. The topological polar surface area (TPSA) is 167 Å². The van der Waals surface area contributed by atoms with Gasteiger partial charge in [-0.2, -0.15) is 26.3 Å². The molecule has 0 spiro atoms. The van der Waals surface area contributed by atoms with Crippen LogP contribution in [0, 0.1) is 0 Å². The van der Waals surface area contributed by atoms with Gasteiger partial charge in [-0.3, -0.25) is 28.8 Å². The maximum atomic E-state index is 13.1. The van der Waals surface area contributed by atoms with Crippen LogP contribution in [-0.2, 0) is 44.4 Å². The van der Waals surface area contributed by atoms with Gasteiger partial charge in [-0.25, -0.2) is 0 Å². The van der Waals surface area contributed by atoms with E-state index in [-0.39, 0.29) is 66.0 Å². The molecule has 10 nitrogen and oxygen atoms in total. The van der Waals surface area contributed by atoms with Crippen molar-refractivity contribution in [3.63, 3.8) is 0 Å². The number of unbranched alkanes of at least 4 members (excludes halogenated alkanes) is 4. The van der Waals surface area contributed by atoms with Crippen LogP contribution in [0.4, 0.5) is 37.7 Å². The second-order valence-corrected chi connectivity index (χ2v) is 14.4. The largest absolute Gasteiger partial charge is 0.481 e. The summed E-state index contributed by atoms with van der Waals surface area (Å²) >= 11 is 0. The van der Waals surface area contributed by atoms with Crippen LogP contribution >= 0.6 is 0 Å². The third-order valence-corrected chi connectivity index (χ3v) is 9.67. The third-order valence-electron chi connectivity index (χ3n) is 9.67. The van der Waals surface area contributed by atoms with E-state index in [0.717, 1.165) is 42.2 Å². The molecule has 0 saturated heterocycles. The lowest BCUT2D eigenvalue weighted by atomic mass is 9.85. The molecule has 0 fully saturated rings. The molecule has 0 atom stereocenters. The molecule has 0 heterocycles. The van der Waals surface area contributed by atoms with Crippen molar-refractivity contribution in [1.82, 2.24) is 0 Å². The van der Waals surface area contributed by atoms with Crippen molar-refractivity contribution in [2.75, 3.05) is 10.6 Å². The Morgan fingerprint density at radius 3 is 1.54 bits per heavy atom. The second-order valence-electron chi connectivity index (χ2n) is 14.4. The fourth-order valence-electron chi connectivity index (χ4n) is 6.71. The van der Waals surface area contributed by atoms with Gasteiger partial charge in [0.1, 0.15) is 0 Å². The van der Waals surface area contributed by atoms with Crippen molar-refractivity contribution in [2.24, 2.45) is 0 Å². The highest BCUT2D eigenvalue weighted by atomic mass is 19.4. The third kappa shape index (κ3) is 14.5. The molecule has 0 aromatic heterocycles. The van der Waals surface area contributed by atoms with Crippen LogP contribution in [0.2, 0.25) is 0 Å². The van der Waals surface area contributed by atoms with E-state index in [0.29, 0.717) is 74.8 Å². The molecule has 0 aliphatic heterocycles. The van der Waals surface area contributed by atoms with Crippen molar-refractivity contribution < 1.29 is 65.3 Å². The van der Waals surface area contributed by atoms with E-state index >= 15 is 0 Å². The van der Waals surface area contributed by atoms with E-state index < -0.39 is 41.2 Å². The lowest BCUT2D eigenvalue weighted by Gasteiger charge is -2.19. The smallest absolute Gasteiger partial charge is 0.416 e. The summed E-state index contributed by atoms with van der Waals surface area (Å²) in [5.41, 5.74) is 0.604. The zero-order valence-corrected chi connectivity index (χ0v) is 32.0. The molecule has 5 rings (SSSR count). The number of anilines is 2. The predicted octanol–water partition coefficient (Wildman–Crippen LogP) is 10.1. The van der Waals surface area contributed by atoms with E-state index in [2.05, 4.69) is 10.6 Å². The second kappa shape index (κ2) is 20.8. The van der Waals surface area contributed by atoms with Crippen molar-refractivity contribution in [3.05, 3.63) is 99.1 Å². The maximum absolute atomic E-state index is 13.1. The molecular formula is C43H44F6N2O8. The molecule has 16 heteroatoms. The molecule has 0 saturated carbocycles. The van der Waals surface area contributed by atoms with Gasteiger partial charge in [0.05, 0.1) is 11.1 Å². The fraction of sp³-hybridized carbons (Fsp3) is 0.395. The quantitative estimate of drug-likeness (QED) is 0.0667. The van der Waals surface area contributed by atoms with Gasteiger partial charge in [0.15, 0.2) is 11.6 Å². The van der Waals surface area contributed by atoms with Gasteiger partial charge in [-0.05, 0) is 129 Å². The number of benzene rings is 3. The van der Waals surface area contributed by atoms with Crippen LogP contribution in [0.25, 0.3) is 6.08 Å². The van der Waals surface area contributed by atoms with Gasteiger partial charge in [0.25, 0.3) is 0 Å². The number of carboxylic acids is 2. The summed E-state index contributed by atoms with van der Waals surface area (Å²) in [7, 11) is 0. The zero-order chi connectivity index (χ0) is 43.3. The number of halogens is 6. The molecule has 59 heavy (non-hydrogen) atoms. The first-order valence-corrected chi connectivity index (χ1v) is 19.2. The highest BCUT2D eigenvalue weighted by molar-refractivity contribution is 6.13. The number of carbonyl (C=O) groups is 6. The summed E-state index contributed by atoms with van der Waals surface area (Å²) in [6.07, 6.45) is -1.81. The average Bonchev–Trinajstić information content (AvgIpc) is 3.15. The molecule has 0 bridgehead atoms. The normalized spacial score (nSPS) is 14.4. The van der Waals surface area contributed by atoms with Gasteiger partial charge in [0.2, 0.25) is 11.8 Å². The number of nitrogens with one attached hydrogen (secondary N) is 2. The predicted molar refractivity (Wildman–Crippen MR) is 206 cm³/mol.